The zero-order valence-corrected chi connectivity index (χ0v) is 7.16. The van der Waals surface area contributed by atoms with Crippen LogP contribution in [0.5, 0.6) is 0 Å². The van der Waals surface area contributed by atoms with E-state index in [2.05, 4.69) is 5.32 Å². The first-order chi connectivity index (χ1) is 4.88. The van der Waals surface area contributed by atoms with Crippen LogP contribution in [0.15, 0.2) is 0 Å². The molecule has 0 aliphatic carbocycles. The Kier molecular flexibility index (Phi) is 3.52. The molecule has 0 aromatic rings. The van der Waals surface area contributed by atoms with Gasteiger partial charge in [0.05, 0.1) is 6.61 Å². The highest BCUT2D eigenvalue weighted by atomic mass is 32.2. The van der Waals surface area contributed by atoms with Crippen molar-refractivity contribution < 1.29 is 5.11 Å². The van der Waals surface area contributed by atoms with Crippen LogP contribution < -0.4 is 5.32 Å². The first-order valence-corrected chi connectivity index (χ1v) is 4.90. The van der Waals surface area contributed by atoms with E-state index in [0.717, 1.165) is 0 Å². The van der Waals surface area contributed by atoms with Gasteiger partial charge in [-0.2, -0.15) is 11.8 Å². The molecule has 0 saturated carbocycles. The monoisotopic (exact) mass is 161 g/mol. The van der Waals surface area contributed by atoms with E-state index in [9.17, 15) is 0 Å². The van der Waals surface area contributed by atoms with E-state index in [1.54, 1.807) is 0 Å². The number of aliphatic hydroxyl groups excluding tert-OH is 1. The van der Waals surface area contributed by atoms with Crippen molar-refractivity contribution in [2.45, 2.75) is 12.5 Å². The minimum atomic E-state index is 0.279. The Balaban J connectivity index is 2.29. The molecular weight excluding hydrogens is 146 g/mol. The lowest BCUT2D eigenvalue weighted by molar-refractivity contribution is 0.214. The second-order valence-electron chi connectivity index (χ2n) is 2.70. The molecule has 2 N–H and O–H groups in total. The van der Waals surface area contributed by atoms with Gasteiger partial charge in [-0.25, -0.2) is 0 Å². The molecule has 0 aromatic carbocycles. The Hall–Kier alpha value is 0.270. The molecule has 2 unspecified atom stereocenters. The van der Waals surface area contributed by atoms with Gasteiger partial charge in [0.15, 0.2) is 0 Å². The van der Waals surface area contributed by atoms with E-state index in [4.69, 9.17) is 5.11 Å². The largest absolute Gasteiger partial charge is 0.395 e. The molecule has 1 fully saturated rings. The summed E-state index contributed by atoms with van der Waals surface area (Å²) < 4.78 is 0. The lowest BCUT2D eigenvalue weighted by atomic mass is 10.0. The van der Waals surface area contributed by atoms with Gasteiger partial charge in [-0.1, -0.05) is 0 Å². The number of hydrogen-bond acceptors (Lipinski definition) is 3. The molecule has 1 rings (SSSR count). The SMILES string of the molecule is CNC(CO)C1CCSC1. The van der Waals surface area contributed by atoms with Crippen molar-refractivity contribution in [2.24, 2.45) is 5.92 Å². The fourth-order valence-corrected chi connectivity index (χ4v) is 2.68. The van der Waals surface area contributed by atoms with Crippen LogP contribution in [-0.4, -0.2) is 36.3 Å². The van der Waals surface area contributed by atoms with Crippen molar-refractivity contribution in [1.82, 2.24) is 5.32 Å². The van der Waals surface area contributed by atoms with Gasteiger partial charge in [0.2, 0.25) is 0 Å². The molecule has 3 heteroatoms. The molecule has 1 heterocycles. The van der Waals surface area contributed by atoms with Gasteiger partial charge in [-0.15, -0.1) is 0 Å². The molecule has 10 heavy (non-hydrogen) atoms. The van der Waals surface area contributed by atoms with Crippen LogP contribution in [0.25, 0.3) is 0 Å². The summed E-state index contributed by atoms with van der Waals surface area (Å²) in [5.74, 6) is 3.18. The number of rotatable bonds is 3. The highest BCUT2D eigenvalue weighted by Gasteiger charge is 2.22. The van der Waals surface area contributed by atoms with E-state index in [1.807, 2.05) is 18.8 Å². The number of hydrogen-bond donors (Lipinski definition) is 2. The van der Waals surface area contributed by atoms with Gasteiger partial charge in [0.25, 0.3) is 0 Å². The molecule has 2 atom stereocenters. The van der Waals surface area contributed by atoms with Gasteiger partial charge >= 0.3 is 0 Å². The Morgan fingerprint density at radius 3 is 3.00 bits per heavy atom. The minimum absolute atomic E-state index is 0.279. The maximum atomic E-state index is 8.91. The van der Waals surface area contributed by atoms with Crippen LogP contribution in [0.4, 0.5) is 0 Å². The average molecular weight is 161 g/mol. The lowest BCUT2D eigenvalue weighted by Crippen LogP contribution is -2.36. The van der Waals surface area contributed by atoms with Crippen molar-refractivity contribution in [3.63, 3.8) is 0 Å². The highest BCUT2D eigenvalue weighted by molar-refractivity contribution is 7.99. The number of thioether (sulfide) groups is 1. The van der Waals surface area contributed by atoms with Crippen molar-refractivity contribution in [2.75, 3.05) is 25.2 Å². The van der Waals surface area contributed by atoms with Gasteiger partial charge in [0.1, 0.15) is 0 Å². The van der Waals surface area contributed by atoms with Crippen LogP contribution in [0.2, 0.25) is 0 Å². The van der Waals surface area contributed by atoms with Crippen LogP contribution in [0, 0.1) is 5.92 Å². The van der Waals surface area contributed by atoms with Gasteiger partial charge in [-0.05, 0) is 30.9 Å². The molecular formula is C7H15NOS. The summed E-state index contributed by atoms with van der Waals surface area (Å²) in [5.41, 5.74) is 0. The fourth-order valence-electron chi connectivity index (χ4n) is 1.35. The quantitative estimate of drug-likeness (QED) is 0.625. The third kappa shape index (κ3) is 1.87. The summed E-state index contributed by atoms with van der Waals surface area (Å²) in [6.45, 7) is 0.279. The van der Waals surface area contributed by atoms with Crippen LogP contribution in [-0.2, 0) is 0 Å². The number of likely N-dealkylation sites (N-methyl/N-ethyl adjacent to an activating group) is 1. The normalized spacial score (nSPS) is 28.8. The zero-order chi connectivity index (χ0) is 7.40. The smallest absolute Gasteiger partial charge is 0.0587 e. The Bertz CT molecular complexity index is 89.6. The second-order valence-corrected chi connectivity index (χ2v) is 3.85. The van der Waals surface area contributed by atoms with E-state index in [0.29, 0.717) is 12.0 Å². The number of nitrogens with one attached hydrogen (secondary N) is 1. The first-order valence-electron chi connectivity index (χ1n) is 3.74. The fraction of sp³-hybridized carbons (Fsp3) is 1.00. The third-order valence-corrected chi connectivity index (χ3v) is 3.29. The molecule has 1 aliphatic rings. The maximum absolute atomic E-state index is 8.91. The van der Waals surface area contributed by atoms with Crippen molar-refractivity contribution in [3.8, 4) is 0 Å². The van der Waals surface area contributed by atoms with Crippen molar-refractivity contribution in [1.29, 1.82) is 0 Å². The van der Waals surface area contributed by atoms with E-state index in [-0.39, 0.29) is 6.61 Å². The van der Waals surface area contributed by atoms with Crippen LogP contribution >= 0.6 is 11.8 Å². The lowest BCUT2D eigenvalue weighted by Gasteiger charge is -2.19. The maximum Gasteiger partial charge on any atom is 0.0587 e. The zero-order valence-electron chi connectivity index (χ0n) is 6.34. The van der Waals surface area contributed by atoms with Gasteiger partial charge in [-0.3, -0.25) is 0 Å². The summed E-state index contributed by atoms with van der Waals surface area (Å²) in [5, 5.41) is 12.0. The summed E-state index contributed by atoms with van der Waals surface area (Å²) >= 11 is 1.99. The topological polar surface area (TPSA) is 32.3 Å². The molecule has 0 bridgehead atoms. The minimum Gasteiger partial charge on any atom is -0.395 e. The van der Waals surface area contributed by atoms with Gasteiger partial charge < -0.3 is 10.4 Å². The first kappa shape index (κ1) is 8.37. The molecule has 0 amide bonds. The second kappa shape index (κ2) is 4.21. The Morgan fingerprint density at radius 2 is 2.60 bits per heavy atom. The molecule has 1 aliphatic heterocycles. The standard InChI is InChI=1S/C7H15NOS/c1-8-7(4-9)6-2-3-10-5-6/h6-9H,2-5H2,1H3. The molecule has 0 spiro atoms. The van der Waals surface area contributed by atoms with Crippen LogP contribution in [0.1, 0.15) is 6.42 Å². The van der Waals surface area contributed by atoms with Crippen LogP contribution in [0.3, 0.4) is 0 Å². The van der Waals surface area contributed by atoms with Crippen molar-refractivity contribution >= 4 is 11.8 Å². The molecule has 60 valence electrons. The molecule has 0 radical (unpaired) electrons. The van der Waals surface area contributed by atoms with Gasteiger partial charge in [0, 0.05) is 6.04 Å². The predicted molar refractivity (Wildman–Crippen MR) is 45.4 cm³/mol. The van der Waals surface area contributed by atoms with Crippen molar-refractivity contribution in [3.05, 3.63) is 0 Å². The summed E-state index contributed by atoms with van der Waals surface area (Å²) in [6, 6.07) is 0.329. The van der Waals surface area contributed by atoms with E-state index in [1.165, 1.54) is 17.9 Å². The van der Waals surface area contributed by atoms with E-state index < -0.39 is 0 Å². The number of aliphatic hydroxyl groups is 1. The highest BCUT2D eigenvalue weighted by Crippen LogP contribution is 2.25. The Labute approximate surface area is 66.4 Å². The average Bonchev–Trinajstić information content (AvgIpc) is 2.43. The summed E-state index contributed by atoms with van der Waals surface area (Å²) in [7, 11) is 1.92. The summed E-state index contributed by atoms with van der Waals surface area (Å²) in [4.78, 5) is 0. The molecule has 1 saturated heterocycles. The summed E-state index contributed by atoms with van der Waals surface area (Å²) in [6.07, 6.45) is 1.26. The third-order valence-electron chi connectivity index (χ3n) is 2.10. The molecule has 2 nitrogen and oxygen atoms in total. The van der Waals surface area contributed by atoms with E-state index >= 15 is 0 Å². The molecule has 0 aromatic heterocycles. The Morgan fingerprint density at radius 1 is 1.80 bits per heavy atom. The predicted octanol–water partition coefficient (Wildman–Crippen LogP) is 0.320.